The molecule has 3 aromatic carbocycles. The summed E-state index contributed by atoms with van der Waals surface area (Å²) in [5, 5.41) is 7.06. The quantitative estimate of drug-likeness (QED) is 0.367. The SMILES string of the molecule is COc1ccc(CC(C)=NN(Cc2ccccc2)Cc2ccccc2)cc1OC. The summed E-state index contributed by atoms with van der Waals surface area (Å²) in [6, 6.07) is 26.9. The second kappa shape index (κ2) is 10.3. The van der Waals surface area contributed by atoms with E-state index in [0.29, 0.717) is 0 Å². The molecule has 3 aromatic rings. The summed E-state index contributed by atoms with van der Waals surface area (Å²) in [7, 11) is 3.30. The van der Waals surface area contributed by atoms with Crippen molar-refractivity contribution in [3.63, 3.8) is 0 Å². The molecule has 0 heterocycles. The Hall–Kier alpha value is -3.27. The Kier molecular flexibility index (Phi) is 7.28. The minimum absolute atomic E-state index is 0.737. The number of ether oxygens (including phenoxy) is 2. The third-order valence-corrected chi connectivity index (χ3v) is 4.64. The van der Waals surface area contributed by atoms with Gasteiger partial charge in [0.05, 0.1) is 27.3 Å². The normalized spacial score (nSPS) is 11.2. The molecule has 4 nitrogen and oxygen atoms in total. The molecule has 150 valence electrons. The second-order valence-corrected chi connectivity index (χ2v) is 7.00. The molecule has 0 aliphatic rings. The maximum Gasteiger partial charge on any atom is 0.160 e. The van der Waals surface area contributed by atoms with Crippen molar-refractivity contribution >= 4 is 5.71 Å². The summed E-state index contributed by atoms with van der Waals surface area (Å²) in [6.45, 7) is 3.59. The van der Waals surface area contributed by atoms with Gasteiger partial charge in [0.15, 0.2) is 11.5 Å². The number of rotatable bonds is 9. The molecule has 0 bridgehead atoms. The topological polar surface area (TPSA) is 34.1 Å². The maximum absolute atomic E-state index is 5.42. The third-order valence-electron chi connectivity index (χ3n) is 4.64. The molecule has 0 aliphatic heterocycles. The standard InChI is InChI=1S/C25H28N2O2/c1-20(16-23-14-15-24(28-2)25(17-23)29-3)26-27(18-21-10-6-4-7-11-21)19-22-12-8-5-9-13-22/h4-15,17H,16,18-19H2,1-3H3. The first-order chi connectivity index (χ1) is 14.2. The van der Waals surface area contributed by atoms with Crippen LogP contribution >= 0.6 is 0 Å². The molecule has 0 amide bonds. The molecule has 0 unspecified atom stereocenters. The van der Waals surface area contributed by atoms with Gasteiger partial charge in [-0.1, -0.05) is 66.7 Å². The molecular weight excluding hydrogens is 360 g/mol. The predicted molar refractivity (Wildman–Crippen MR) is 118 cm³/mol. The number of nitrogens with zero attached hydrogens (tertiary/aromatic N) is 2. The van der Waals surface area contributed by atoms with E-state index in [2.05, 4.69) is 66.5 Å². The lowest BCUT2D eigenvalue weighted by Gasteiger charge is -2.21. The van der Waals surface area contributed by atoms with E-state index in [-0.39, 0.29) is 0 Å². The van der Waals surface area contributed by atoms with Crippen LogP contribution in [0.3, 0.4) is 0 Å². The van der Waals surface area contributed by atoms with Gasteiger partial charge in [-0.15, -0.1) is 0 Å². The Labute approximate surface area is 173 Å². The lowest BCUT2D eigenvalue weighted by Crippen LogP contribution is -2.19. The number of benzene rings is 3. The lowest BCUT2D eigenvalue weighted by atomic mass is 10.1. The molecule has 0 atom stereocenters. The fraction of sp³-hybridized carbons (Fsp3) is 0.240. The van der Waals surface area contributed by atoms with Gasteiger partial charge in [-0.2, -0.15) is 5.10 Å². The van der Waals surface area contributed by atoms with Crippen molar-refractivity contribution in [2.45, 2.75) is 26.4 Å². The first-order valence-corrected chi connectivity index (χ1v) is 9.75. The fourth-order valence-electron chi connectivity index (χ4n) is 3.28. The summed E-state index contributed by atoms with van der Waals surface area (Å²) in [6.07, 6.45) is 0.750. The Bertz CT molecular complexity index is 883. The highest BCUT2D eigenvalue weighted by Crippen LogP contribution is 2.27. The van der Waals surface area contributed by atoms with Crippen LogP contribution in [0.25, 0.3) is 0 Å². The monoisotopic (exact) mass is 388 g/mol. The van der Waals surface area contributed by atoms with Gasteiger partial charge >= 0.3 is 0 Å². The van der Waals surface area contributed by atoms with E-state index in [1.807, 2.05) is 24.3 Å². The van der Waals surface area contributed by atoms with Gasteiger partial charge < -0.3 is 9.47 Å². The Morgan fingerprint density at radius 3 is 1.79 bits per heavy atom. The van der Waals surface area contributed by atoms with E-state index in [4.69, 9.17) is 14.6 Å². The molecular formula is C25H28N2O2. The molecule has 0 aliphatic carbocycles. The summed E-state index contributed by atoms with van der Waals surface area (Å²) >= 11 is 0. The van der Waals surface area contributed by atoms with Crippen LogP contribution in [-0.2, 0) is 19.5 Å². The highest BCUT2D eigenvalue weighted by atomic mass is 16.5. The van der Waals surface area contributed by atoms with E-state index >= 15 is 0 Å². The average Bonchev–Trinajstić information content (AvgIpc) is 2.75. The highest BCUT2D eigenvalue weighted by molar-refractivity contribution is 5.84. The van der Waals surface area contributed by atoms with Crippen LogP contribution in [-0.4, -0.2) is 24.9 Å². The number of hydrogen-bond donors (Lipinski definition) is 0. The molecule has 0 radical (unpaired) electrons. The average molecular weight is 389 g/mol. The van der Waals surface area contributed by atoms with Crippen molar-refractivity contribution in [2.24, 2.45) is 5.10 Å². The zero-order valence-corrected chi connectivity index (χ0v) is 17.3. The van der Waals surface area contributed by atoms with Gasteiger partial charge in [0.1, 0.15) is 0 Å². The van der Waals surface area contributed by atoms with Crippen molar-refractivity contribution in [3.8, 4) is 11.5 Å². The molecule has 0 N–H and O–H groups in total. The van der Waals surface area contributed by atoms with E-state index in [1.165, 1.54) is 11.1 Å². The third kappa shape index (κ3) is 6.11. The van der Waals surface area contributed by atoms with E-state index in [1.54, 1.807) is 14.2 Å². The Morgan fingerprint density at radius 2 is 1.28 bits per heavy atom. The molecule has 0 aromatic heterocycles. The number of methoxy groups -OCH3 is 2. The van der Waals surface area contributed by atoms with Crippen molar-refractivity contribution < 1.29 is 9.47 Å². The zero-order chi connectivity index (χ0) is 20.5. The van der Waals surface area contributed by atoms with Gasteiger partial charge in [-0.05, 0) is 35.7 Å². The predicted octanol–water partition coefficient (Wildman–Crippen LogP) is 5.32. The van der Waals surface area contributed by atoms with Crippen molar-refractivity contribution in [1.82, 2.24) is 5.01 Å². The van der Waals surface area contributed by atoms with Crippen LogP contribution in [0.5, 0.6) is 11.5 Å². The summed E-state index contributed by atoms with van der Waals surface area (Å²) in [4.78, 5) is 0. The summed E-state index contributed by atoms with van der Waals surface area (Å²) in [5.41, 5.74) is 4.67. The number of hydrogen-bond acceptors (Lipinski definition) is 4. The van der Waals surface area contributed by atoms with Crippen LogP contribution < -0.4 is 9.47 Å². The van der Waals surface area contributed by atoms with E-state index in [9.17, 15) is 0 Å². The first-order valence-electron chi connectivity index (χ1n) is 9.75. The van der Waals surface area contributed by atoms with Crippen LogP contribution in [0, 0.1) is 0 Å². The van der Waals surface area contributed by atoms with Crippen LogP contribution in [0.2, 0.25) is 0 Å². The van der Waals surface area contributed by atoms with Gasteiger partial charge in [0, 0.05) is 12.1 Å². The minimum atomic E-state index is 0.737. The van der Waals surface area contributed by atoms with Gasteiger partial charge in [-0.3, -0.25) is 5.01 Å². The molecule has 29 heavy (non-hydrogen) atoms. The summed E-state index contributed by atoms with van der Waals surface area (Å²) in [5.74, 6) is 1.48. The number of hydrazone groups is 1. The van der Waals surface area contributed by atoms with Crippen molar-refractivity contribution in [3.05, 3.63) is 95.6 Å². The Morgan fingerprint density at radius 1 is 0.724 bits per heavy atom. The van der Waals surface area contributed by atoms with Crippen LogP contribution in [0.1, 0.15) is 23.6 Å². The second-order valence-electron chi connectivity index (χ2n) is 7.00. The smallest absolute Gasteiger partial charge is 0.160 e. The Balaban J connectivity index is 1.78. The minimum Gasteiger partial charge on any atom is -0.493 e. The zero-order valence-electron chi connectivity index (χ0n) is 17.3. The van der Waals surface area contributed by atoms with Gasteiger partial charge in [0.2, 0.25) is 0 Å². The largest absolute Gasteiger partial charge is 0.493 e. The first kappa shape index (κ1) is 20.5. The van der Waals surface area contributed by atoms with Gasteiger partial charge in [0.25, 0.3) is 0 Å². The molecule has 0 fully saturated rings. The highest BCUT2D eigenvalue weighted by Gasteiger charge is 2.08. The molecule has 4 heteroatoms. The fourth-order valence-corrected chi connectivity index (χ4v) is 3.28. The van der Waals surface area contributed by atoms with E-state index < -0.39 is 0 Å². The molecule has 0 saturated heterocycles. The molecule has 0 spiro atoms. The molecule has 0 saturated carbocycles. The molecule has 3 rings (SSSR count). The summed E-state index contributed by atoms with van der Waals surface area (Å²) < 4.78 is 10.8. The van der Waals surface area contributed by atoms with Crippen LogP contribution in [0.4, 0.5) is 0 Å². The maximum atomic E-state index is 5.42. The van der Waals surface area contributed by atoms with Crippen molar-refractivity contribution in [1.29, 1.82) is 0 Å². The van der Waals surface area contributed by atoms with Crippen LogP contribution in [0.15, 0.2) is 84.0 Å². The van der Waals surface area contributed by atoms with Gasteiger partial charge in [-0.25, -0.2) is 0 Å². The van der Waals surface area contributed by atoms with Crippen molar-refractivity contribution in [2.75, 3.05) is 14.2 Å². The van der Waals surface area contributed by atoms with E-state index in [0.717, 1.165) is 42.3 Å². The lowest BCUT2D eigenvalue weighted by molar-refractivity contribution is 0.270.